The number of aromatic nitrogens is 7. The molecule has 21 heavy (non-hydrogen) atoms. The number of imidazole rings is 1. The van der Waals surface area contributed by atoms with E-state index in [4.69, 9.17) is 11.6 Å². The maximum atomic E-state index is 5.91. The number of hydrogen-bond acceptors (Lipinski definition) is 6. The minimum atomic E-state index is 0.120. The number of hydrogen-bond donors (Lipinski definition) is 1. The van der Waals surface area contributed by atoms with Crippen molar-refractivity contribution in [2.24, 2.45) is 7.05 Å². The Balaban J connectivity index is 1.69. The molecule has 8 nitrogen and oxygen atoms in total. The van der Waals surface area contributed by atoms with Gasteiger partial charge in [-0.25, -0.2) is 9.67 Å². The molecule has 0 aliphatic carbocycles. The van der Waals surface area contributed by atoms with Crippen molar-refractivity contribution in [2.45, 2.75) is 6.42 Å². The normalized spacial score (nSPS) is 10.8. The summed E-state index contributed by atoms with van der Waals surface area (Å²) in [5, 5.41) is 7.30. The minimum absolute atomic E-state index is 0.120. The van der Waals surface area contributed by atoms with Crippen LogP contribution >= 0.6 is 11.6 Å². The van der Waals surface area contributed by atoms with Gasteiger partial charge in [0.05, 0.1) is 0 Å². The van der Waals surface area contributed by atoms with Gasteiger partial charge in [-0.15, -0.1) is 0 Å². The fourth-order valence-corrected chi connectivity index (χ4v) is 1.99. The zero-order valence-electron chi connectivity index (χ0n) is 11.3. The predicted octanol–water partition coefficient (Wildman–Crippen LogP) is 1.10. The molecule has 0 aliphatic rings. The van der Waals surface area contributed by atoms with E-state index >= 15 is 0 Å². The molecule has 0 aliphatic heterocycles. The van der Waals surface area contributed by atoms with Crippen LogP contribution in [0.2, 0.25) is 5.28 Å². The number of halogens is 1. The molecule has 3 aromatic heterocycles. The summed E-state index contributed by atoms with van der Waals surface area (Å²) in [7, 11) is 1.96. The van der Waals surface area contributed by atoms with Gasteiger partial charge in [-0.1, -0.05) is 0 Å². The van der Waals surface area contributed by atoms with Gasteiger partial charge in [-0.2, -0.15) is 20.1 Å². The van der Waals surface area contributed by atoms with Crippen molar-refractivity contribution < 1.29 is 0 Å². The van der Waals surface area contributed by atoms with Crippen LogP contribution < -0.4 is 5.32 Å². The van der Waals surface area contributed by atoms with Crippen LogP contribution in [0.4, 0.5) is 5.95 Å². The summed E-state index contributed by atoms with van der Waals surface area (Å²) in [5.41, 5.74) is 0. The first-order chi connectivity index (χ1) is 10.2. The van der Waals surface area contributed by atoms with E-state index < -0.39 is 0 Å². The van der Waals surface area contributed by atoms with Crippen molar-refractivity contribution >= 4 is 17.5 Å². The molecule has 0 atom stereocenters. The molecule has 108 valence electrons. The first-order valence-corrected chi connectivity index (χ1v) is 6.72. The standard InChI is InChI=1S/C12H13ClN8/c1-20-8-6-14-9(20)3-5-15-11-17-10(13)18-12(19-11)21-7-2-4-16-21/h2,4,6-8H,3,5H2,1H3,(H,15,17,18,19). The van der Waals surface area contributed by atoms with E-state index in [1.54, 1.807) is 24.7 Å². The average Bonchev–Trinajstić information content (AvgIpc) is 3.10. The van der Waals surface area contributed by atoms with Gasteiger partial charge in [0.1, 0.15) is 5.82 Å². The lowest BCUT2D eigenvalue weighted by atomic mass is 10.4. The van der Waals surface area contributed by atoms with Gasteiger partial charge in [0.2, 0.25) is 11.2 Å². The number of nitrogens with zero attached hydrogens (tertiary/aromatic N) is 7. The Bertz CT molecular complexity index is 721. The van der Waals surface area contributed by atoms with E-state index in [0.717, 1.165) is 12.2 Å². The van der Waals surface area contributed by atoms with Crippen molar-refractivity contribution in [1.82, 2.24) is 34.3 Å². The maximum absolute atomic E-state index is 5.91. The Labute approximate surface area is 125 Å². The molecule has 3 aromatic rings. The molecule has 3 heterocycles. The van der Waals surface area contributed by atoms with Crippen LogP contribution in [0.3, 0.4) is 0 Å². The summed E-state index contributed by atoms with van der Waals surface area (Å²) in [4.78, 5) is 16.6. The minimum Gasteiger partial charge on any atom is -0.354 e. The summed E-state index contributed by atoms with van der Waals surface area (Å²) in [6.45, 7) is 0.643. The molecule has 0 saturated heterocycles. The second-order valence-corrected chi connectivity index (χ2v) is 4.65. The van der Waals surface area contributed by atoms with Crippen LogP contribution in [-0.4, -0.2) is 40.8 Å². The average molecular weight is 305 g/mol. The Morgan fingerprint density at radius 3 is 2.81 bits per heavy atom. The third-order valence-electron chi connectivity index (χ3n) is 2.86. The highest BCUT2D eigenvalue weighted by molar-refractivity contribution is 6.28. The third kappa shape index (κ3) is 3.16. The second-order valence-electron chi connectivity index (χ2n) is 4.31. The van der Waals surface area contributed by atoms with Gasteiger partial charge in [-0.05, 0) is 17.7 Å². The molecule has 0 amide bonds. The first kappa shape index (κ1) is 13.5. The number of nitrogens with one attached hydrogen (secondary N) is 1. The molecule has 0 saturated carbocycles. The van der Waals surface area contributed by atoms with Gasteiger partial charge in [-0.3, -0.25) is 0 Å². The SMILES string of the molecule is Cn1ccnc1CCNc1nc(Cl)nc(-n2cccn2)n1. The van der Waals surface area contributed by atoms with Crippen molar-refractivity contribution in [3.05, 3.63) is 42.0 Å². The molecular weight excluding hydrogens is 292 g/mol. The smallest absolute Gasteiger partial charge is 0.256 e. The predicted molar refractivity (Wildman–Crippen MR) is 77.4 cm³/mol. The maximum Gasteiger partial charge on any atom is 0.256 e. The molecule has 0 radical (unpaired) electrons. The van der Waals surface area contributed by atoms with Crippen molar-refractivity contribution in [3.63, 3.8) is 0 Å². The molecule has 3 rings (SSSR count). The van der Waals surface area contributed by atoms with E-state index in [-0.39, 0.29) is 5.28 Å². The highest BCUT2D eigenvalue weighted by Gasteiger charge is 2.07. The Kier molecular flexibility index (Phi) is 3.78. The van der Waals surface area contributed by atoms with Gasteiger partial charge in [0.25, 0.3) is 5.95 Å². The quantitative estimate of drug-likeness (QED) is 0.759. The molecule has 0 unspecified atom stereocenters. The lowest BCUT2D eigenvalue weighted by molar-refractivity contribution is 0.776. The van der Waals surface area contributed by atoms with E-state index in [0.29, 0.717) is 18.4 Å². The van der Waals surface area contributed by atoms with Crippen LogP contribution in [0.25, 0.3) is 5.95 Å². The highest BCUT2D eigenvalue weighted by atomic mass is 35.5. The zero-order chi connectivity index (χ0) is 14.7. The van der Waals surface area contributed by atoms with Crippen molar-refractivity contribution in [2.75, 3.05) is 11.9 Å². The Hall–Kier alpha value is -2.48. The van der Waals surface area contributed by atoms with Gasteiger partial charge in [0.15, 0.2) is 0 Å². The van der Waals surface area contributed by atoms with Gasteiger partial charge >= 0.3 is 0 Å². The summed E-state index contributed by atoms with van der Waals surface area (Å²) in [6.07, 6.45) is 7.81. The number of rotatable bonds is 5. The van der Waals surface area contributed by atoms with Crippen molar-refractivity contribution in [1.29, 1.82) is 0 Å². The Morgan fingerprint density at radius 2 is 2.10 bits per heavy atom. The van der Waals surface area contributed by atoms with E-state index in [9.17, 15) is 0 Å². The monoisotopic (exact) mass is 304 g/mol. The fourth-order valence-electron chi connectivity index (χ4n) is 1.83. The van der Waals surface area contributed by atoms with Crippen LogP contribution in [0.15, 0.2) is 30.9 Å². The third-order valence-corrected chi connectivity index (χ3v) is 3.03. The molecule has 0 fully saturated rings. The zero-order valence-corrected chi connectivity index (χ0v) is 12.1. The van der Waals surface area contributed by atoms with Gasteiger partial charge < -0.3 is 9.88 Å². The summed E-state index contributed by atoms with van der Waals surface area (Å²) < 4.78 is 3.49. The molecular formula is C12H13ClN8. The first-order valence-electron chi connectivity index (χ1n) is 6.34. The highest BCUT2D eigenvalue weighted by Crippen LogP contribution is 2.09. The van der Waals surface area contributed by atoms with E-state index in [1.807, 2.05) is 17.8 Å². The fraction of sp³-hybridized carbons (Fsp3) is 0.250. The summed E-state index contributed by atoms with van der Waals surface area (Å²) in [5.74, 6) is 1.77. The molecule has 9 heteroatoms. The van der Waals surface area contributed by atoms with E-state index in [1.165, 1.54) is 4.68 Å². The van der Waals surface area contributed by atoms with E-state index in [2.05, 4.69) is 30.4 Å². The van der Waals surface area contributed by atoms with Gasteiger partial charge in [0, 0.05) is 44.8 Å². The van der Waals surface area contributed by atoms with Crippen molar-refractivity contribution in [3.8, 4) is 5.95 Å². The largest absolute Gasteiger partial charge is 0.354 e. The molecule has 0 spiro atoms. The summed E-state index contributed by atoms with van der Waals surface area (Å²) >= 11 is 5.91. The van der Waals surface area contributed by atoms with Crippen LogP contribution in [0, 0.1) is 0 Å². The van der Waals surface area contributed by atoms with Crippen LogP contribution in [-0.2, 0) is 13.5 Å². The lowest BCUT2D eigenvalue weighted by Gasteiger charge is -2.06. The lowest BCUT2D eigenvalue weighted by Crippen LogP contribution is -2.13. The molecule has 1 N–H and O–H groups in total. The summed E-state index contributed by atoms with van der Waals surface area (Å²) in [6, 6.07) is 1.78. The second kappa shape index (κ2) is 5.88. The number of anilines is 1. The van der Waals surface area contributed by atoms with Crippen LogP contribution in [0.5, 0.6) is 0 Å². The molecule has 0 aromatic carbocycles. The van der Waals surface area contributed by atoms with Crippen LogP contribution in [0.1, 0.15) is 5.82 Å². The topological polar surface area (TPSA) is 86.3 Å². The molecule has 0 bridgehead atoms. The Morgan fingerprint density at radius 1 is 1.19 bits per heavy atom. The number of aryl methyl sites for hydroxylation is 1.